The Morgan fingerprint density at radius 1 is 1.21 bits per heavy atom. The van der Waals surface area contributed by atoms with Gasteiger partial charge in [-0.2, -0.15) is 0 Å². The van der Waals surface area contributed by atoms with Gasteiger partial charge in [0, 0.05) is 24.2 Å². The van der Waals surface area contributed by atoms with E-state index in [1.54, 1.807) is 12.3 Å². The lowest BCUT2D eigenvalue weighted by Crippen LogP contribution is -2.10. The number of aromatic nitrogens is 2. The molecule has 0 amide bonds. The Morgan fingerprint density at radius 2 is 2.11 bits per heavy atom. The molecule has 1 aromatic heterocycles. The lowest BCUT2D eigenvalue weighted by Gasteiger charge is -2.09. The second-order valence-corrected chi connectivity index (χ2v) is 4.61. The molecule has 3 nitrogen and oxygen atoms in total. The van der Waals surface area contributed by atoms with Gasteiger partial charge in [-0.15, -0.1) is 0 Å². The van der Waals surface area contributed by atoms with Crippen molar-refractivity contribution in [1.29, 1.82) is 0 Å². The van der Waals surface area contributed by atoms with Gasteiger partial charge in [-0.05, 0) is 37.2 Å². The molecule has 0 bridgehead atoms. The standard InChI is InChI=1S/C14H13F2N3/c15-10-1-2-12(16)11(7-10)13-4-6-18-14(19-13)9-3-5-17-8-9/h1-2,4,6-7,9,17H,3,5,8H2. The lowest BCUT2D eigenvalue weighted by atomic mass is 10.1. The van der Waals surface area contributed by atoms with Crippen molar-refractivity contribution in [2.24, 2.45) is 0 Å². The Kier molecular flexibility index (Phi) is 3.21. The molecule has 98 valence electrons. The predicted octanol–water partition coefficient (Wildman–Crippen LogP) is 2.50. The van der Waals surface area contributed by atoms with Crippen molar-refractivity contribution >= 4 is 0 Å². The highest BCUT2D eigenvalue weighted by Crippen LogP contribution is 2.24. The first-order valence-electron chi connectivity index (χ1n) is 6.23. The third-order valence-corrected chi connectivity index (χ3v) is 3.30. The van der Waals surface area contributed by atoms with Crippen molar-refractivity contribution < 1.29 is 8.78 Å². The number of nitrogens with one attached hydrogen (secondary N) is 1. The van der Waals surface area contributed by atoms with Gasteiger partial charge in [0.2, 0.25) is 0 Å². The van der Waals surface area contributed by atoms with Gasteiger partial charge in [0.1, 0.15) is 17.5 Å². The molecule has 2 heterocycles. The molecular formula is C14H13F2N3. The Labute approximate surface area is 109 Å². The van der Waals surface area contributed by atoms with Crippen molar-refractivity contribution in [3.8, 4) is 11.3 Å². The molecule has 0 radical (unpaired) electrons. The maximum Gasteiger partial charge on any atom is 0.133 e. The van der Waals surface area contributed by atoms with Crippen molar-refractivity contribution in [2.75, 3.05) is 13.1 Å². The zero-order valence-corrected chi connectivity index (χ0v) is 10.2. The van der Waals surface area contributed by atoms with Gasteiger partial charge in [0.05, 0.1) is 5.69 Å². The lowest BCUT2D eigenvalue weighted by molar-refractivity contribution is 0.602. The van der Waals surface area contributed by atoms with Crippen LogP contribution in [0.2, 0.25) is 0 Å². The van der Waals surface area contributed by atoms with Crippen LogP contribution in [0.15, 0.2) is 30.5 Å². The van der Waals surface area contributed by atoms with E-state index in [9.17, 15) is 8.78 Å². The monoisotopic (exact) mass is 261 g/mol. The van der Waals surface area contributed by atoms with Crippen LogP contribution >= 0.6 is 0 Å². The van der Waals surface area contributed by atoms with E-state index < -0.39 is 11.6 Å². The van der Waals surface area contributed by atoms with Gasteiger partial charge in [-0.25, -0.2) is 18.7 Å². The average Bonchev–Trinajstić information content (AvgIpc) is 2.96. The van der Waals surface area contributed by atoms with Crippen LogP contribution < -0.4 is 5.32 Å². The van der Waals surface area contributed by atoms with Crippen molar-refractivity contribution in [2.45, 2.75) is 12.3 Å². The maximum atomic E-state index is 13.7. The summed E-state index contributed by atoms with van der Waals surface area (Å²) in [6, 6.07) is 4.98. The largest absolute Gasteiger partial charge is 0.316 e. The number of benzene rings is 1. The Balaban J connectivity index is 2.00. The molecule has 2 aromatic rings. The summed E-state index contributed by atoms with van der Waals surface area (Å²) in [5.74, 6) is -0.0163. The van der Waals surface area contributed by atoms with E-state index in [4.69, 9.17) is 0 Å². The van der Waals surface area contributed by atoms with Crippen LogP contribution in [0.5, 0.6) is 0 Å². The van der Waals surface area contributed by atoms with Gasteiger partial charge in [0.25, 0.3) is 0 Å². The summed E-state index contributed by atoms with van der Waals surface area (Å²) in [4.78, 5) is 8.60. The fraction of sp³-hybridized carbons (Fsp3) is 0.286. The molecule has 1 fully saturated rings. The topological polar surface area (TPSA) is 37.8 Å². The van der Waals surface area contributed by atoms with Crippen LogP contribution in [0.1, 0.15) is 18.2 Å². The Bertz CT molecular complexity index is 595. The summed E-state index contributed by atoms with van der Waals surface area (Å²) in [5.41, 5.74) is 0.600. The molecule has 1 aliphatic heterocycles. The second-order valence-electron chi connectivity index (χ2n) is 4.61. The van der Waals surface area contributed by atoms with Gasteiger partial charge in [-0.3, -0.25) is 0 Å². The van der Waals surface area contributed by atoms with Crippen molar-refractivity contribution in [3.63, 3.8) is 0 Å². The van der Waals surface area contributed by atoms with Crippen molar-refractivity contribution in [3.05, 3.63) is 47.9 Å². The van der Waals surface area contributed by atoms with Gasteiger partial charge < -0.3 is 5.32 Å². The van der Waals surface area contributed by atoms with E-state index in [2.05, 4.69) is 15.3 Å². The molecule has 1 unspecified atom stereocenters. The quantitative estimate of drug-likeness (QED) is 0.902. The molecule has 19 heavy (non-hydrogen) atoms. The van der Waals surface area contributed by atoms with Gasteiger partial charge in [0.15, 0.2) is 0 Å². The minimum atomic E-state index is -0.476. The molecule has 1 saturated heterocycles. The minimum Gasteiger partial charge on any atom is -0.316 e. The second kappa shape index (κ2) is 5.01. The summed E-state index contributed by atoms with van der Waals surface area (Å²) in [5, 5.41) is 3.24. The van der Waals surface area contributed by atoms with Crippen LogP contribution in [0.3, 0.4) is 0 Å². The van der Waals surface area contributed by atoms with E-state index in [1.165, 1.54) is 0 Å². The van der Waals surface area contributed by atoms with E-state index in [0.717, 1.165) is 37.7 Å². The van der Waals surface area contributed by atoms with Crippen LogP contribution in [-0.4, -0.2) is 23.1 Å². The third kappa shape index (κ3) is 2.46. The fourth-order valence-corrected chi connectivity index (χ4v) is 2.29. The SMILES string of the molecule is Fc1ccc(F)c(-c2ccnc(C3CCNC3)n2)c1. The molecule has 3 rings (SSSR count). The summed E-state index contributed by atoms with van der Waals surface area (Å²) in [6.45, 7) is 1.77. The molecule has 0 aliphatic carbocycles. The summed E-state index contributed by atoms with van der Waals surface area (Å²) >= 11 is 0. The molecule has 1 aliphatic rings. The van der Waals surface area contributed by atoms with Gasteiger partial charge in [-0.1, -0.05) is 0 Å². The first-order valence-corrected chi connectivity index (χ1v) is 6.23. The molecular weight excluding hydrogens is 248 g/mol. The highest BCUT2D eigenvalue weighted by molar-refractivity contribution is 5.59. The first-order chi connectivity index (χ1) is 9.24. The molecule has 5 heteroatoms. The van der Waals surface area contributed by atoms with E-state index in [0.29, 0.717) is 11.5 Å². The zero-order valence-electron chi connectivity index (χ0n) is 10.2. The highest BCUT2D eigenvalue weighted by Gasteiger charge is 2.20. The predicted molar refractivity (Wildman–Crippen MR) is 67.6 cm³/mol. The average molecular weight is 261 g/mol. The van der Waals surface area contributed by atoms with Crippen molar-refractivity contribution in [1.82, 2.24) is 15.3 Å². The summed E-state index contributed by atoms with van der Waals surface area (Å²) in [7, 11) is 0. The van der Waals surface area contributed by atoms with E-state index in [-0.39, 0.29) is 11.5 Å². The van der Waals surface area contributed by atoms with E-state index >= 15 is 0 Å². The zero-order chi connectivity index (χ0) is 13.2. The van der Waals surface area contributed by atoms with E-state index in [1.807, 2.05) is 0 Å². The molecule has 1 N–H and O–H groups in total. The third-order valence-electron chi connectivity index (χ3n) is 3.30. The van der Waals surface area contributed by atoms with Crippen LogP contribution in [0.4, 0.5) is 8.78 Å². The van der Waals surface area contributed by atoms with Crippen LogP contribution in [-0.2, 0) is 0 Å². The number of rotatable bonds is 2. The Hall–Kier alpha value is -1.88. The number of hydrogen-bond donors (Lipinski definition) is 1. The molecule has 1 atom stereocenters. The Morgan fingerprint density at radius 3 is 2.89 bits per heavy atom. The highest BCUT2D eigenvalue weighted by atomic mass is 19.1. The molecule has 0 saturated carbocycles. The molecule has 0 spiro atoms. The number of halogens is 2. The van der Waals surface area contributed by atoms with Crippen LogP contribution in [0.25, 0.3) is 11.3 Å². The summed E-state index contributed by atoms with van der Waals surface area (Å²) in [6.07, 6.45) is 2.56. The van der Waals surface area contributed by atoms with Gasteiger partial charge >= 0.3 is 0 Å². The fourth-order valence-electron chi connectivity index (χ4n) is 2.29. The smallest absolute Gasteiger partial charge is 0.133 e. The summed E-state index contributed by atoms with van der Waals surface area (Å²) < 4.78 is 26.9. The number of hydrogen-bond acceptors (Lipinski definition) is 3. The number of nitrogens with zero attached hydrogens (tertiary/aromatic N) is 2. The minimum absolute atomic E-state index is 0.176. The maximum absolute atomic E-state index is 13.7. The van der Waals surface area contributed by atoms with Crippen LogP contribution in [0, 0.1) is 11.6 Å². The molecule has 1 aromatic carbocycles. The normalized spacial score (nSPS) is 18.7. The first kappa shape index (κ1) is 12.2.